The lowest BCUT2D eigenvalue weighted by Crippen LogP contribution is -2.23. The Kier molecular flexibility index (Phi) is 6.33. The largest absolute Gasteiger partial charge is 0.384 e. The van der Waals surface area contributed by atoms with Crippen LogP contribution in [0.3, 0.4) is 0 Å². The highest BCUT2D eigenvalue weighted by atomic mass is 79.9. The molecule has 0 saturated carbocycles. The second-order valence-electron chi connectivity index (χ2n) is 5.37. The topological polar surface area (TPSA) is 45.0 Å². The molecule has 1 aromatic rings. The van der Waals surface area contributed by atoms with E-state index in [1.807, 2.05) is 12.1 Å². The molecule has 0 aliphatic heterocycles. The summed E-state index contributed by atoms with van der Waals surface area (Å²) in [5.74, 6) is 0. The minimum absolute atomic E-state index is 0.0996. The average molecular weight is 325 g/mol. The number of hydrogen-bond donors (Lipinski definition) is 1. The van der Waals surface area contributed by atoms with Gasteiger partial charge in [-0.2, -0.15) is 5.26 Å². The Morgan fingerprint density at radius 3 is 2.79 bits per heavy atom. The first-order valence-electron chi connectivity index (χ1n) is 6.37. The summed E-state index contributed by atoms with van der Waals surface area (Å²) in [4.78, 5) is 0. The lowest BCUT2D eigenvalue weighted by molar-refractivity contribution is 0.185. The van der Waals surface area contributed by atoms with Gasteiger partial charge in [0, 0.05) is 35.8 Å². The van der Waals surface area contributed by atoms with E-state index in [-0.39, 0.29) is 5.41 Å². The van der Waals surface area contributed by atoms with Gasteiger partial charge in [0.15, 0.2) is 0 Å². The van der Waals surface area contributed by atoms with Crippen LogP contribution in [0.4, 0.5) is 5.69 Å². The molecule has 104 valence electrons. The van der Waals surface area contributed by atoms with Crippen molar-refractivity contribution >= 4 is 21.6 Å². The van der Waals surface area contributed by atoms with E-state index in [0.717, 1.165) is 28.7 Å². The Bertz CT molecular complexity index is 452. The number of benzene rings is 1. The van der Waals surface area contributed by atoms with Crippen LogP contribution in [0, 0.1) is 16.7 Å². The Balaban J connectivity index is 2.72. The lowest BCUT2D eigenvalue weighted by atomic mass is 9.88. The third-order valence-corrected chi connectivity index (χ3v) is 3.82. The molecule has 0 amide bonds. The molecule has 0 saturated heterocycles. The summed E-state index contributed by atoms with van der Waals surface area (Å²) in [6.07, 6.45) is 1.49. The summed E-state index contributed by atoms with van der Waals surface area (Å²) < 4.78 is 6.28. The molecule has 0 fully saturated rings. The summed E-state index contributed by atoms with van der Waals surface area (Å²) >= 11 is 3.55. The molecule has 0 atom stereocenters. The van der Waals surface area contributed by atoms with Gasteiger partial charge in [0.25, 0.3) is 0 Å². The number of hydrogen-bond acceptors (Lipinski definition) is 3. The van der Waals surface area contributed by atoms with E-state index < -0.39 is 0 Å². The van der Waals surface area contributed by atoms with Crippen molar-refractivity contribution < 1.29 is 4.74 Å². The Morgan fingerprint density at radius 2 is 2.16 bits per heavy atom. The van der Waals surface area contributed by atoms with Gasteiger partial charge in [-0.05, 0) is 24.0 Å². The smallest absolute Gasteiger partial charge is 0.0744 e. The van der Waals surface area contributed by atoms with Crippen molar-refractivity contribution in [3.63, 3.8) is 0 Å². The molecule has 0 unspecified atom stereocenters. The minimum atomic E-state index is 0.0996. The van der Waals surface area contributed by atoms with Crippen molar-refractivity contribution in [3.05, 3.63) is 28.2 Å². The Labute approximate surface area is 124 Å². The summed E-state index contributed by atoms with van der Waals surface area (Å²) in [5, 5.41) is 12.1. The third-order valence-electron chi connectivity index (χ3n) is 3.08. The van der Waals surface area contributed by atoms with Gasteiger partial charge in [-0.25, -0.2) is 0 Å². The number of nitriles is 1. The first-order valence-corrected chi connectivity index (χ1v) is 7.16. The molecule has 0 aliphatic carbocycles. The van der Waals surface area contributed by atoms with Crippen LogP contribution < -0.4 is 5.32 Å². The minimum Gasteiger partial charge on any atom is -0.384 e. The van der Waals surface area contributed by atoms with Gasteiger partial charge in [-0.3, -0.25) is 0 Å². The second kappa shape index (κ2) is 7.52. The van der Waals surface area contributed by atoms with E-state index in [0.29, 0.717) is 13.0 Å². The highest BCUT2D eigenvalue weighted by Crippen LogP contribution is 2.28. The summed E-state index contributed by atoms with van der Waals surface area (Å²) in [7, 11) is 1.69. The Hall–Kier alpha value is -1.05. The van der Waals surface area contributed by atoms with Gasteiger partial charge in [0.2, 0.25) is 0 Å². The van der Waals surface area contributed by atoms with Crippen LogP contribution in [0.25, 0.3) is 0 Å². The SMILES string of the molecule is COCc1c(Br)cccc1NCC(C)(C)CCC#N. The van der Waals surface area contributed by atoms with Crippen LogP contribution in [0.5, 0.6) is 0 Å². The fraction of sp³-hybridized carbons (Fsp3) is 0.533. The van der Waals surface area contributed by atoms with Gasteiger partial charge in [0.1, 0.15) is 0 Å². The average Bonchev–Trinajstić information content (AvgIpc) is 2.37. The molecule has 0 bridgehead atoms. The lowest BCUT2D eigenvalue weighted by Gasteiger charge is -2.25. The monoisotopic (exact) mass is 324 g/mol. The molecular weight excluding hydrogens is 304 g/mol. The normalized spacial score (nSPS) is 11.1. The predicted molar refractivity (Wildman–Crippen MR) is 82.0 cm³/mol. The van der Waals surface area contributed by atoms with Crippen molar-refractivity contribution in [2.24, 2.45) is 5.41 Å². The molecule has 3 nitrogen and oxygen atoms in total. The summed E-state index contributed by atoms with van der Waals surface area (Å²) in [6.45, 7) is 5.75. The molecule has 1 aromatic carbocycles. The van der Waals surface area contributed by atoms with Gasteiger partial charge in [-0.15, -0.1) is 0 Å². The van der Waals surface area contributed by atoms with Gasteiger partial charge >= 0.3 is 0 Å². The highest BCUT2D eigenvalue weighted by Gasteiger charge is 2.18. The van der Waals surface area contributed by atoms with E-state index in [4.69, 9.17) is 10.00 Å². The van der Waals surface area contributed by atoms with E-state index in [2.05, 4.69) is 47.2 Å². The molecule has 0 radical (unpaired) electrons. The third kappa shape index (κ3) is 5.22. The second-order valence-corrected chi connectivity index (χ2v) is 6.23. The fourth-order valence-electron chi connectivity index (χ4n) is 1.83. The van der Waals surface area contributed by atoms with E-state index in [1.54, 1.807) is 7.11 Å². The molecule has 0 aliphatic rings. The molecular formula is C15H21BrN2O. The van der Waals surface area contributed by atoms with Crippen molar-refractivity contribution in [2.45, 2.75) is 33.3 Å². The fourth-order valence-corrected chi connectivity index (χ4v) is 2.31. The number of rotatable bonds is 7. The zero-order valence-corrected chi connectivity index (χ0v) is 13.4. The number of halogens is 1. The van der Waals surface area contributed by atoms with Crippen LogP contribution in [-0.2, 0) is 11.3 Å². The number of ether oxygens (including phenoxy) is 1. The van der Waals surface area contributed by atoms with Crippen LogP contribution in [0.15, 0.2) is 22.7 Å². The maximum Gasteiger partial charge on any atom is 0.0744 e. The quantitative estimate of drug-likeness (QED) is 0.811. The van der Waals surface area contributed by atoms with Gasteiger partial charge in [0.05, 0.1) is 12.7 Å². The van der Waals surface area contributed by atoms with Crippen molar-refractivity contribution in [3.8, 4) is 6.07 Å². The van der Waals surface area contributed by atoms with Crippen LogP contribution in [-0.4, -0.2) is 13.7 Å². The van der Waals surface area contributed by atoms with E-state index >= 15 is 0 Å². The summed E-state index contributed by atoms with van der Waals surface area (Å²) in [5.41, 5.74) is 2.31. The van der Waals surface area contributed by atoms with Crippen LogP contribution >= 0.6 is 15.9 Å². The van der Waals surface area contributed by atoms with Crippen LogP contribution in [0.2, 0.25) is 0 Å². The zero-order valence-electron chi connectivity index (χ0n) is 11.8. The van der Waals surface area contributed by atoms with Crippen molar-refractivity contribution in [1.29, 1.82) is 5.26 Å². The maximum atomic E-state index is 8.67. The van der Waals surface area contributed by atoms with Gasteiger partial charge in [-0.1, -0.05) is 35.8 Å². The highest BCUT2D eigenvalue weighted by molar-refractivity contribution is 9.10. The number of nitrogens with zero attached hydrogens (tertiary/aromatic N) is 1. The van der Waals surface area contributed by atoms with E-state index in [9.17, 15) is 0 Å². The van der Waals surface area contributed by atoms with Crippen molar-refractivity contribution in [1.82, 2.24) is 0 Å². The van der Waals surface area contributed by atoms with E-state index in [1.165, 1.54) is 0 Å². The molecule has 1 rings (SSSR count). The number of nitrogens with one attached hydrogen (secondary N) is 1. The molecule has 0 heterocycles. The first-order chi connectivity index (χ1) is 9.00. The number of anilines is 1. The standard InChI is InChI=1S/C15H21BrN2O/c1-15(2,8-5-9-17)11-18-14-7-4-6-13(16)12(14)10-19-3/h4,6-7,18H,5,8,10-11H2,1-3H3. The molecule has 0 spiro atoms. The maximum absolute atomic E-state index is 8.67. The predicted octanol–water partition coefficient (Wildman–Crippen LogP) is 4.34. The molecule has 0 aromatic heterocycles. The summed E-state index contributed by atoms with van der Waals surface area (Å²) in [6, 6.07) is 8.28. The first kappa shape index (κ1) is 16.0. The van der Waals surface area contributed by atoms with Crippen LogP contribution in [0.1, 0.15) is 32.3 Å². The molecule has 4 heteroatoms. The zero-order chi connectivity index (χ0) is 14.3. The Morgan fingerprint density at radius 1 is 1.42 bits per heavy atom. The van der Waals surface area contributed by atoms with Crippen molar-refractivity contribution in [2.75, 3.05) is 19.0 Å². The van der Waals surface area contributed by atoms with Gasteiger partial charge < -0.3 is 10.1 Å². The number of methoxy groups -OCH3 is 1. The molecule has 19 heavy (non-hydrogen) atoms. The molecule has 1 N–H and O–H groups in total.